The molecule has 0 atom stereocenters. The van der Waals surface area contributed by atoms with Crippen molar-refractivity contribution in [2.24, 2.45) is 0 Å². The van der Waals surface area contributed by atoms with Crippen molar-refractivity contribution < 1.29 is 4.42 Å². The van der Waals surface area contributed by atoms with E-state index in [0.29, 0.717) is 11.3 Å². The van der Waals surface area contributed by atoms with Crippen molar-refractivity contribution in [2.75, 3.05) is 0 Å². The van der Waals surface area contributed by atoms with Crippen molar-refractivity contribution in [3.63, 3.8) is 0 Å². The normalized spacial score (nSPS) is 11.6. The number of rotatable bonds is 3. The lowest BCUT2D eigenvalue weighted by Gasteiger charge is -2.17. The number of hydrogen-bond acceptors (Lipinski definition) is 2. The Morgan fingerprint density at radius 3 is 1.86 bits per heavy atom. The Morgan fingerprint density at radius 1 is 0.531 bits per heavy atom. The Hall–Kier alpha value is -7.08. The van der Waals surface area contributed by atoms with Gasteiger partial charge in [0.15, 0.2) is 5.69 Å². The van der Waals surface area contributed by atoms with E-state index in [2.05, 4.69) is 105 Å². The van der Waals surface area contributed by atoms with Gasteiger partial charge in [0.05, 0.1) is 39.9 Å². The van der Waals surface area contributed by atoms with Crippen LogP contribution in [0.3, 0.4) is 0 Å². The molecular formula is C44H24N4O. The molecular weight excluding hydrogens is 601 g/mol. The molecule has 3 heterocycles. The third kappa shape index (κ3) is 3.85. The highest BCUT2D eigenvalue weighted by Gasteiger charge is 2.22. The van der Waals surface area contributed by atoms with Gasteiger partial charge >= 0.3 is 0 Å². The predicted octanol–water partition coefficient (Wildman–Crippen LogP) is 11.9. The third-order valence-electron chi connectivity index (χ3n) is 9.73. The molecule has 10 rings (SSSR count). The molecule has 0 radical (unpaired) electrons. The van der Waals surface area contributed by atoms with Gasteiger partial charge in [-0.2, -0.15) is 5.26 Å². The number of hydrogen-bond donors (Lipinski definition) is 0. The maximum absolute atomic E-state index is 10.6. The Kier molecular flexibility index (Phi) is 5.64. The first-order valence-corrected chi connectivity index (χ1v) is 16.1. The van der Waals surface area contributed by atoms with Gasteiger partial charge in [0.25, 0.3) is 0 Å². The topological polar surface area (TPSA) is 51.1 Å². The Balaban J connectivity index is 1.30. The van der Waals surface area contributed by atoms with Crippen LogP contribution < -0.4 is 0 Å². The standard InChI is InChI=1S/C44H24N4O/c1-46-29-21-28(22-30(23-29)47-38-17-6-2-12-32(38)33-13-3-7-18-39(33)47)31-16-10-11-27(26-45)44(31)48-40-19-8-4-14-34(40)36-24-37-35-15-5-9-20-42(35)49-43(37)25-41(36)48/h2-25H. The molecule has 0 saturated heterocycles. The molecule has 7 aromatic carbocycles. The quantitative estimate of drug-likeness (QED) is 0.184. The first kappa shape index (κ1) is 27.1. The van der Waals surface area contributed by atoms with Gasteiger partial charge in [-0.15, -0.1) is 0 Å². The molecule has 0 unspecified atom stereocenters. The van der Waals surface area contributed by atoms with E-state index in [0.717, 1.165) is 88.1 Å². The summed E-state index contributed by atoms with van der Waals surface area (Å²) < 4.78 is 10.8. The molecule has 3 aromatic heterocycles. The van der Waals surface area contributed by atoms with E-state index in [4.69, 9.17) is 11.0 Å². The molecule has 49 heavy (non-hydrogen) atoms. The molecule has 0 aliphatic rings. The van der Waals surface area contributed by atoms with Gasteiger partial charge in [-0.05, 0) is 60.2 Å². The number of furan rings is 1. The van der Waals surface area contributed by atoms with Crippen molar-refractivity contribution in [3.8, 4) is 28.6 Å². The van der Waals surface area contributed by atoms with E-state index in [-0.39, 0.29) is 0 Å². The average molecular weight is 625 g/mol. The highest BCUT2D eigenvalue weighted by Crippen LogP contribution is 2.42. The molecule has 226 valence electrons. The summed E-state index contributed by atoms with van der Waals surface area (Å²) in [5.41, 5.74) is 10.1. The molecule has 5 heteroatoms. The molecule has 0 aliphatic heterocycles. The summed E-state index contributed by atoms with van der Waals surface area (Å²) in [6, 6.07) is 51.8. The van der Waals surface area contributed by atoms with Crippen molar-refractivity contribution in [2.45, 2.75) is 0 Å². The summed E-state index contributed by atoms with van der Waals surface area (Å²) in [4.78, 5) is 3.93. The first-order valence-electron chi connectivity index (χ1n) is 16.1. The molecule has 0 bridgehead atoms. The second-order valence-corrected chi connectivity index (χ2v) is 12.3. The van der Waals surface area contributed by atoms with Gasteiger partial charge in [-0.25, -0.2) is 4.85 Å². The highest BCUT2D eigenvalue weighted by atomic mass is 16.3. The van der Waals surface area contributed by atoms with Gasteiger partial charge in [-0.1, -0.05) is 84.9 Å². The first-order chi connectivity index (χ1) is 24.2. The summed E-state index contributed by atoms with van der Waals surface area (Å²) in [5, 5.41) is 17.2. The zero-order chi connectivity index (χ0) is 32.6. The molecule has 10 aromatic rings. The molecule has 0 saturated carbocycles. The van der Waals surface area contributed by atoms with E-state index in [1.54, 1.807) is 0 Å². The molecule has 0 fully saturated rings. The predicted molar refractivity (Wildman–Crippen MR) is 199 cm³/mol. The molecule has 5 nitrogen and oxygen atoms in total. The Morgan fingerprint density at radius 2 is 1.16 bits per heavy atom. The monoisotopic (exact) mass is 624 g/mol. The fourth-order valence-electron chi connectivity index (χ4n) is 7.68. The van der Waals surface area contributed by atoms with Crippen LogP contribution >= 0.6 is 0 Å². The van der Waals surface area contributed by atoms with Crippen molar-refractivity contribution in [3.05, 3.63) is 163 Å². The van der Waals surface area contributed by atoms with Gasteiger partial charge in [0.2, 0.25) is 0 Å². The second-order valence-electron chi connectivity index (χ2n) is 12.3. The van der Waals surface area contributed by atoms with E-state index < -0.39 is 0 Å². The van der Waals surface area contributed by atoms with E-state index in [9.17, 15) is 5.26 Å². The largest absolute Gasteiger partial charge is 0.456 e. The van der Waals surface area contributed by atoms with Gasteiger partial charge in [0.1, 0.15) is 17.2 Å². The zero-order valence-corrected chi connectivity index (χ0v) is 26.1. The number of benzene rings is 7. The van der Waals surface area contributed by atoms with Crippen LogP contribution in [0.15, 0.2) is 150 Å². The molecule has 0 spiro atoms. The molecule has 0 aliphatic carbocycles. The Labute approximate surface area is 280 Å². The SMILES string of the molecule is [C-]#[N+]c1cc(-c2cccc(C#N)c2-n2c3ccccc3c3cc4c(cc32)oc2ccccc24)cc(-n2c3ccccc3c3ccccc32)c1. The lowest BCUT2D eigenvalue weighted by molar-refractivity contribution is 0.669. The van der Waals surface area contributed by atoms with Crippen molar-refractivity contribution in [1.82, 2.24) is 9.13 Å². The maximum atomic E-state index is 10.6. The minimum atomic E-state index is 0.522. The number of fused-ring (bicyclic) bond motifs is 9. The second kappa shape index (κ2) is 10.2. The molecule has 0 amide bonds. The van der Waals surface area contributed by atoms with Crippen LogP contribution in [0, 0.1) is 17.9 Å². The smallest absolute Gasteiger partial charge is 0.189 e. The number of nitrogens with zero attached hydrogens (tertiary/aromatic N) is 4. The van der Waals surface area contributed by atoms with E-state index in [1.807, 2.05) is 60.7 Å². The van der Waals surface area contributed by atoms with Crippen LogP contribution in [0.4, 0.5) is 5.69 Å². The van der Waals surface area contributed by atoms with Crippen LogP contribution in [-0.4, -0.2) is 9.13 Å². The van der Waals surface area contributed by atoms with Gasteiger partial charge < -0.3 is 13.6 Å². The third-order valence-corrected chi connectivity index (χ3v) is 9.73. The summed E-state index contributed by atoms with van der Waals surface area (Å²) in [5.74, 6) is 0. The maximum Gasteiger partial charge on any atom is 0.189 e. The van der Waals surface area contributed by atoms with Crippen LogP contribution in [0.25, 0.3) is 92.9 Å². The van der Waals surface area contributed by atoms with Crippen LogP contribution in [0.2, 0.25) is 0 Å². The van der Waals surface area contributed by atoms with Crippen molar-refractivity contribution in [1.29, 1.82) is 5.26 Å². The molecule has 0 N–H and O–H groups in total. The highest BCUT2D eigenvalue weighted by molar-refractivity contribution is 6.18. The van der Waals surface area contributed by atoms with Gasteiger partial charge in [0, 0.05) is 49.6 Å². The fourth-order valence-corrected chi connectivity index (χ4v) is 7.68. The summed E-state index contributed by atoms with van der Waals surface area (Å²) in [6.45, 7) is 8.11. The number of para-hydroxylation sites is 5. The lowest BCUT2D eigenvalue weighted by atomic mass is 9.98. The van der Waals surface area contributed by atoms with Gasteiger partial charge in [-0.3, -0.25) is 0 Å². The lowest BCUT2D eigenvalue weighted by Crippen LogP contribution is -2.01. The summed E-state index contributed by atoms with van der Waals surface area (Å²) in [7, 11) is 0. The minimum absolute atomic E-state index is 0.522. The zero-order valence-electron chi connectivity index (χ0n) is 26.1. The van der Waals surface area contributed by atoms with E-state index >= 15 is 0 Å². The van der Waals surface area contributed by atoms with Crippen LogP contribution in [0.1, 0.15) is 5.56 Å². The summed E-state index contributed by atoms with van der Waals surface area (Å²) in [6.07, 6.45) is 0. The van der Waals surface area contributed by atoms with Crippen LogP contribution in [-0.2, 0) is 0 Å². The minimum Gasteiger partial charge on any atom is -0.456 e. The Bertz CT molecular complexity index is 3030. The van der Waals surface area contributed by atoms with Crippen molar-refractivity contribution >= 4 is 71.2 Å². The number of aromatic nitrogens is 2. The fraction of sp³-hybridized carbons (Fsp3) is 0. The van der Waals surface area contributed by atoms with E-state index in [1.165, 1.54) is 0 Å². The van der Waals surface area contributed by atoms with Crippen LogP contribution in [0.5, 0.6) is 0 Å². The average Bonchev–Trinajstić information content (AvgIpc) is 3.80. The number of nitriles is 1. The summed E-state index contributed by atoms with van der Waals surface area (Å²) >= 11 is 0.